The molecule has 0 aromatic heterocycles. The summed E-state index contributed by atoms with van der Waals surface area (Å²) in [6, 6.07) is 16.8. The molecule has 0 aliphatic rings. The van der Waals surface area contributed by atoms with Gasteiger partial charge in [0.15, 0.2) is 5.78 Å². The number of ether oxygens (including phenoxy) is 1. The van der Waals surface area contributed by atoms with Crippen molar-refractivity contribution in [3.05, 3.63) is 71.3 Å². The van der Waals surface area contributed by atoms with Crippen molar-refractivity contribution >= 4 is 11.9 Å². The number of ketones is 1. The topological polar surface area (TPSA) is 55.4 Å². The summed E-state index contributed by atoms with van der Waals surface area (Å²) in [4.78, 5) is 24.2. The minimum atomic E-state index is -0.530. The predicted octanol–water partition coefficient (Wildman–Crippen LogP) is 4.70. The Hall–Kier alpha value is -2.62. The highest BCUT2D eigenvalue weighted by Crippen LogP contribution is 2.16. The third kappa shape index (κ3) is 6.07. The van der Waals surface area contributed by atoms with Gasteiger partial charge in [0.25, 0.3) is 0 Å². The molecule has 2 rings (SSSR count). The molecule has 0 fully saturated rings. The van der Waals surface area contributed by atoms with Crippen molar-refractivity contribution in [3.63, 3.8) is 0 Å². The fourth-order valence-corrected chi connectivity index (χ4v) is 2.41. The summed E-state index contributed by atoms with van der Waals surface area (Å²) < 4.78 is 5.25. The van der Waals surface area contributed by atoms with Crippen LogP contribution in [0.3, 0.4) is 0 Å². The average Bonchev–Trinajstić information content (AvgIpc) is 2.54. The number of nitrogens with one attached hydrogen (secondary N) is 1. The second-order valence-electron chi connectivity index (χ2n) is 7.08. The van der Waals surface area contributed by atoms with Gasteiger partial charge in [-0.1, -0.05) is 54.6 Å². The summed E-state index contributed by atoms with van der Waals surface area (Å²) in [6.07, 6.45) is -0.0736. The molecule has 0 saturated heterocycles. The fraction of sp³-hybridized carbons (Fsp3) is 0.333. The highest BCUT2D eigenvalue weighted by Gasteiger charge is 2.18. The van der Waals surface area contributed by atoms with E-state index in [9.17, 15) is 9.59 Å². The van der Waals surface area contributed by atoms with Crippen molar-refractivity contribution in [1.82, 2.24) is 5.32 Å². The van der Waals surface area contributed by atoms with E-state index in [0.717, 1.165) is 11.1 Å². The minimum Gasteiger partial charge on any atom is -0.444 e. The van der Waals surface area contributed by atoms with Crippen LogP contribution in [-0.2, 0) is 11.2 Å². The zero-order valence-electron chi connectivity index (χ0n) is 15.2. The zero-order chi connectivity index (χ0) is 18.4. The van der Waals surface area contributed by atoms with Crippen LogP contribution in [0, 0.1) is 0 Å². The van der Waals surface area contributed by atoms with Gasteiger partial charge in [0.1, 0.15) is 5.60 Å². The molecule has 25 heavy (non-hydrogen) atoms. The second kappa shape index (κ2) is 7.97. The van der Waals surface area contributed by atoms with Crippen LogP contribution in [0.1, 0.15) is 55.2 Å². The summed E-state index contributed by atoms with van der Waals surface area (Å²) in [7, 11) is 0. The van der Waals surface area contributed by atoms with Crippen molar-refractivity contribution < 1.29 is 14.3 Å². The monoisotopic (exact) mass is 339 g/mol. The molecule has 4 heteroatoms. The van der Waals surface area contributed by atoms with E-state index in [-0.39, 0.29) is 11.8 Å². The largest absolute Gasteiger partial charge is 0.444 e. The van der Waals surface area contributed by atoms with Gasteiger partial charge in [-0.15, -0.1) is 0 Å². The van der Waals surface area contributed by atoms with Crippen molar-refractivity contribution in [1.29, 1.82) is 0 Å². The zero-order valence-corrected chi connectivity index (χ0v) is 15.2. The summed E-state index contributed by atoms with van der Waals surface area (Å²) >= 11 is 0. The maximum Gasteiger partial charge on any atom is 0.408 e. The van der Waals surface area contributed by atoms with E-state index in [1.807, 2.05) is 70.2 Å². The Kier molecular flexibility index (Phi) is 5.97. The number of carbonyl (C=O) groups is 2. The molecule has 0 aliphatic heterocycles. The summed E-state index contributed by atoms with van der Waals surface area (Å²) in [5.74, 6) is 0.0745. The Labute approximate surface area is 149 Å². The summed E-state index contributed by atoms with van der Waals surface area (Å²) in [6.45, 7) is 7.35. The molecule has 0 bridgehead atoms. The summed E-state index contributed by atoms with van der Waals surface area (Å²) in [5, 5.41) is 2.80. The summed E-state index contributed by atoms with van der Waals surface area (Å²) in [5.41, 5.74) is 2.05. The molecule has 1 N–H and O–H groups in total. The first kappa shape index (κ1) is 18.7. The molecule has 0 saturated carbocycles. The molecule has 1 atom stereocenters. The van der Waals surface area contributed by atoms with Gasteiger partial charge in [-0.2, -0.15) is 0 Å². The highest BCUT2D eigenvalue weighted by molar-refractivity contribution is 5.97. The SMILES string of the molecule is C[C@H](NC(=O)OC(C)(C)C)c1ccc(C(=O)Cc2ccccc2)cc1. The first-order valence-corrected chi connectivity index (χ1v) is 8.41. The average molecular weight is 339 g/mol. The number of hydrogen-bond donors (Lipinski definition) is 1. The van der Waals surface area contributed by atoms with Crippen LogP contribution in [0.4, 0.5) is 4.79 Å². The molecule has 0 heterocycles. The molecule has 0 aliphatic carbocycles. The van der Waals surface area contributed by atoms with E-state index < -0.39 is 11.7 Å². The first-order chi connectivity index (χ1) is 11.7. The molecule has 1 amide bonds. The number of benzene rings is 2. The Bertz CT molecular complexity index is 715. The van der Waals surface area contributed by atoms with E-state index in [1.54, 1.807) is 12.1 Å². The molecular weight excluding hydrogens is 314 g/mol. The van der Waals surface area contributed by atoms with Crippen molar-refractivity contribution in [2.45, 2.75) is 45.8 Å². The normalized spacial score (nSPS) is 12.3. The van der Waals surface area contributed by atoms with E-state index in [0.29, 0.717) is 12.0 Å². The predicted molar refractivity (Wildman–Crippen MR) is 98.7 cm³/mol. The van der Waals surface area contributed by atoms with Gasteiger partial charge in [-0.3, -0.25) is 4.79 Å². The molecular formula is C21H25NO3. The molecule has 2 aromatic carbocycles. The molecule has 0 radical (unpaired) electrons. The number of hydrogen-bond acceptors (Lipinski definition) is 3. The van der Waals surface area contributed by atoms with E-state index in [4.69, 9.17) is 4.74 Å². The quantitative estimate of drug-likeness (QED) is 0.804. The molecule has 0 unspecified atom stereocenters. The smallest absolute Gasteiger partial charge is 0.408 e. The standard InChI is InChI=1S/C21H25NO3/c1-15(22-20(24)25-21(2,3)4)17-10-12-18(13-11-17)19(23)14-16-8-6-5-7-9-16/h5-13,15H,14H2,1-4H3,(H,22,24)/t15-/m0/s1. The van der Waals surface area contributed by atoms with Gasteiger partial charge < -0.3 is 10.1 Å². The number of carbonyl (C=O) groups excluding carboxylic acids is 2. The van der Waals surface area contributed by atoms with Gasteiger partial charge in [-0.05, 0) is 38.8 Å². The maximum atomic E-state index is 12.3. The number of rotatable bonds is 5. The lowest BCUT2D eigenvalue weighted by Crippen LogP contribution is -2.34. The van der Waals surface area contributed by atoms with Crippen LogP contribution in [0.25, 0.3) is 0 Å². The maximum absolute atomic E-state index is 12.3. The number of alkyl carbamates (subject to hydrolysis) is 1. The van der Waals surface area contributed by atoms with Crippen molar-refractivity contribution in [3.8, 4) is 0 Å². The van der Waals surface area contributed by atoms with Crippen LogP contribution in [-0.4, -0.2) is 17.5 Å². The van der Waals surface area contributed by atoms with Crippen LogP contribution in [0.2, 0.25) is 0 Å². The number of amides is 1. The van der Waals surface area contributed by atoms with Gasteiger partial charge in [-0.25, -0.2) is 4.79 Å². The lowest BCUT2D eigenvalue weighted by molar-refractivity contribution is 0.0507. The molecule has 132 valence electrons. The molecule has 4 nitrogen and oxygen atoms in total. The van der Waals surface area contributed by atoms with E-state index in [2.05, 4.69) is 5.32 Å². The molecule has 2 aromatic rings. The third-order valence-corrected chi connectivity index (χ3v) is 3.67. The van der Waals surface area contributed by atoms with Gasteiger partial charge in [0.05, 0.1) is 6.04 Å². The third-order valence-electron chi connectivity index (χ3n) is 3.67. The van der Waals surface area contributed by atoms with Crippen LogP contribution in [0.5, 0.6) is 0 Å². The van der Waals surface area contributed by atoms with Gasteiger partial charge in [0.2, 0.25) is 0 Å². The van der Waals surface area contributed by atoms with Crippen LogP contribution in [0.15, 0.2) is 54.6 Å². The van der Waals surface area contributed by atoms with Gasteiger partial charge >= 0.3 is 6.09 Å². The Morgan fingerprint density at radius 1 is 1.00 bits per heavy atom. The van der Waals surface area contributed by atoms with Gasteiger partial charge in [0, 0.05) is 12.0 Å². The van der Waals surface area contributed by atoms with Crippen LogP contribution >= 0.6 is 0 Å². The van der Waals surface area contributed by atoms with Crippen molar-refractivity contribution in [2.75, 3.05) is 0 Å². The highest BCUT2D eigenvalue weighted by atomic mass is 16.6. The van der Waals surface area contributed by atoms with Crippen molar-refractivity contribution in [2.24, 2.45) is 0 Å². The fourth-order valence-electron chi connectivity index (χ4n) is 2.41. The number of Topliss-reactive ketones (excluding diaryl/α,β-unsaturated/α-hetero) is 1. The Balaban J connectivity index is 1.97. The van der Waals surface area contributed by atoms with E-state index in [1.165, 1.54) is 0 Å². The molecule has 0 spiro atoms. The Morgan fingerprint density at radius 3 is 2.16 bits per heavy atom. The minimum absolute atomic E-state index is 0.0745. The van der Waals surface area contributed by atoms with E-state index >= 15 is 0 Å². The lowest BCUT2D eigenvalue weighted by Gasteiger charge is -2.22. The lowest BCUT2D eigenvalue weighted by atomic mass is 10.0. The van der Waals surface area contributed by atoms with Crippen LogP contribution < -0.4 is 5.32 Å². The Morgan fingerprint density at radius 2 is 1.60 bits per heavy atom. The second-order valence-corrected chi connectivity index (χ2v) is 7.08. The first-order valence-electron chi connectivity index (χ1n) is 8.41.